The zero-order valence-corrected chi connectivity index (χ0v) is 9.83. The number of likely N-dealkylation sites (N-methyl/N-ethyl adjacent to an activating group) is 1. The molecule has 0 spiro atoms. The molecule has 2 rings (SSSR count). The molecule has 1 fully saturated rings. The van der Waals surface area contributed by atoms with E-state index in [1.165, 1.54) is 11.1 Å². The van der Waals surface area contributed by atoms with Crippen LogP contribution < -0.4 is 0 Å². The van der Waals surface area contributed by atoms with Gasteiger partial charge in [-0.05, 0) is 12.5 Å². The highest BCUT2D eigenvalue weighted by molar-refractivity contribution is 5.80. The van der Waals surface area contributed by atoms with Crippen LogP contribution in [0.1, 0.15) is 18.5 Å². The third-order valence-corrected chi connectivity index (χ3v) is 3.22. The van der Waals surface area contributed by atoms with Gasteiger partial charge in [0.15, 0.2) is 0 Å². The maximum atomic E-state index is 11.9. The molecule has 4 heteroatoms. The van der Waals surface area contributed by atoms with Gasteiger partial charge in [-0.25, -0.2) is 9.59 Å². The Morgan fingerprint density at radius 1 is 1.29 bits per heavy atom. The number of nitrogens with zero attached hydrogens (tertiary/aromatic N) is 2. The van der Waals surface area contributed by atoms with Gasteiger partial charge in [-0.1, -0.05) is 30.3 Å². The Bertz CT molecular complexity index is 466. The molecule has 4 nitrogen and oxygen atoms in total. The number of hydrogen-bond acceptors (Lipinski definition) is 2. The van der Waals surface area contributed by atoms with Gasteiger partial charge in [0, 0.05) is 7.05 Å². The Kier molecular flexibility index (Phi) is 2.98. The average molecular weight is 230 g/mol. The van der Waals surface area contributed by atoms with Crippen molar-refractivity contribution in [1.82, 2.24) is 9.80 Å². The van der Waals surface area contributed by atoms with Crippen molar-refractivity contribution in [1.29, 1.82) is 0 Å². The summed E-state index contributed by atoms with van der Waals surface area (Å²) in [6.45, 7) is 1.97. The lowest BCUT2D eigenvalue weighted by molar-refractivity contribution is 0.205. The minimum atomic E-state index is -0.172. The van der Waals surface area contributed by atoms with E-state index in [1.807, 2.05) is 37.3 Å². The summed E-state index contributed by atoms with van der Waals surface area (Å²) >= 11 is 0. The van der Waals surface area contributed by atoms with Crippen molar-refractivity contribution in [2.75, 3.05) is 7.05 Å². The first-order chi connectivity index (χ1) is 8.16. The fraction of sp³-hybridized carbons (Fsp3) is 0.308. The van der Waals surface area contributed by atoms with Crippen LogP contribution in [0.15, 0.2) is 36.5 Å². The normalized spacial score (nSPS) is 23.8. The van der Waals surface area contributed by atoms with E-state index < -0.39 is 0 Å². The lowest BCUT2D eigenvalue weighted by Gasteiger charge is -2.21. The van der Waals surface area contributed by atoms with Gasteiger partial charge in [-0.2, -0.15) is 0 Å². The van der Waals surface area contributed by atoms with E-state index in [2.05, 4.69) is 0 Å². The SMILES string of the molecule is C[C@H]1[C@@H](c2ccccc2)N(C=C=O)C(=O)N1C. The van der Waals surface area contributed by atoms with Crippen molar-refractivity contribution < 1.29 is 9.59 Å². The van der Waals surface area contributed by atoms with Crippen molar-refractivity contribution in [3.05, 3.63) is 42.1 Å². The number of carbonyl (C=O) groups excluding carboxylic acids is 2. The first-order valence-electron chi connectivity index (χ1n) is 5.48. The molecular weight excluding hydrogens is 216 g/mol. The molecule has 1 aliphatic heterocycles. The minimum absolute atomic E-state index is 0.0227. The van der Waals surface area contributed by atoms with Gasteiger partial charge in [0.2, 0.25) is 0 Å². The molecule has 1 aliphatic rings. The van der Waals surface area contributed by atoms with Crippen LogP contribution in [0, 0.1) is 0 Å². The predicted octanol–water partition coefficient (Wildman–Crippen LogP) is 1.83. The van der Waals surface area contributed by atoms with Gasteiger partial charge < -0.3 is 4.90 Å². The number of hydrogen-bond donors (Lipinski definition) is 0. The second-order valence-corrected chi connectivity index (χ2v) is 4.14. The summed E-state index contributed by atoms with van der Waals surface area (Å²) in [5, 5.41) is 0. The van der Waals surface area contributed by atoms with Crippen LogP contribution in [-0.2, 0) is 4.79 Å². The fourth-order valence-electron chi connectivity index (χ4n) is 2.20. The number of amides is 2. The first kappa shape index (κ1) is 11.4. The average Bonchev–Trinajstić information content (AvgIpc) is 2.56. The minimum Gasteiger partial charge on any atom is -0.322 e. The van der Waals surface area contributed by atoms with Crippen LogP contribution in [0.25, 0.3) is 0 Å². The van der Waals surface area contributed by atoms with E-state index >= 15 is 0 Å². The van der Waals surface area contributed by atoms with Gasteiger partial charge in [0.1, 0.15) is 5.94 Å². The molecule has 0 radical (unpaired) electrons. The van der Waals surface area contributed by atoms with Gasteiger partial charge in [-0.15, -0.1) is 0 Å². The molecule has 0 unspecified atom stereocenters. The molecule has 0 aliphatic carbocycles. The summed E-state index contributed by atoms with van der Waals surface area (Å²) in [4.78, 5) is 25.5. The van der Waals surface area contributed by atoms with Gasteiger partial charge in [0.25, 0.3) is 0 Å². The topological polar surface area (TPSA) is 40.6 Å². The quantitative estimate of drug-likeness (QED) is 0.727. The highest BCUT2D eigenvalue weighted by Crippen LogP contribution is 2.33. The lowest BCUT2D eigenvalue weighted by atomic mass is 10.0. The molecule has 1 saturated heterocycles. The van der Waals surface area contributed by atoms with Crippen molar-refractivity contribution in [2.24, 2.45) is 0 Å². The smallest absolute Gasteiger partial charge is 0.322 e. The molecule has 1 heterocycles. The van der Waals surface area contributed by atoms with Crippen LogP contribution in [0.4, 0.5) is 4.79 Å². The number of carbonyl (C=O) groups is 1. The van der Waals surface area contributed by atoms with Crippen molar-refractivity contribution in [3.63, 3.8) is 0 Å². The lowest BCUT2D eigenvalue weighted by Crippen LogP contribution is -2.28. The second-order valence-electron chi connectivity index (χ2n) is 4.14. The third kappa shape index (κ3) is 1.83. The van der Waals surface area contributed by atoms with Gasteiger partial charge in [0.05, 0.1) is 18.3 Å². The van der Waals surface area contributed by atoms with Gasteiger partial charge in [-0.3, -0.25) is 4.90 Å². The van der Waals surface area contributed by atoms with Crippen LogP contribution in [-0.4, -0.2) is 34.9 Å². The zero-order valence-electron chi connectivity index (χ0n) is 9.83. The molecule has 2 amide bonds. The molecule has 1 aromatic carbocycles. The van der Waals surface area contributed by atoms with Crippen LogP contribution in [0.5, 0.6) is 0 Å². The number of rotatable bonds is 2. The summed E-state index contributed by atoms with van der Waals surface area (Å²) in [6, 6.07) is 9.41. The van der Waals surface area contributed by atoms with E-state index in [-0.39, 0.29) is 18.1 Å². The summed E-state index contributed by atoms with van der Waals surface area (Å²) in [5.41, 5.74) is 1.02. The molecule has 1 aromatic rings. The molecular formula is C13H14N2O2. The van der Waals surface area contributed by atoms with Crippen LogP contribution >= 0.6 is 0 Å². The van der Waals surface area contributed by atoms with E-state index in [1.54, 1.807) is 17.9 Å². The molecule has 0 saturated carbocycles. The van der Waals surface area contributed by atoms with Crippen LogP contribution in [0.3, 0.4) is 0 Å². The molecule has 2 atom stereocenters. The van der Waals surface area contributed by atoms with Crippen molar-refractivity contribution in [3.8, 4) is 0 Å². The largest absolute Gasteiger partial charge is 0.325 e. The van der Waals surface area contributed by atoms with Gasteiger partial charge >= 0.3 is 6.03 Å². The van der Waals surface area contributed by atoms with Crippen LogP contribution in [0.2, 0.25) is 0 Å². The summed E-state index contributed by atoms with van der Waals surface area (Å²) in [6.07, 6.45) is 1.18. The Morgan fingerprint density at radius 3 is 2.53 bits per heavy atom. The molecule has 17 heavy (non-hydrogen) atoms. The summed E-state index contributed by atoms with van der Waals surface area (Å²) in [7, 11) is 1.74. The number of benzene rings is 1. The summed E-state index contributed by atoms with van der Waals surface area (Å²) < 4.78 is 0. The first-order valence-corrected chi connectivity index (χ1v) is 5.48. The zero-order chi connectivity index (χ0) is 12.4. The molecule has 0 N–H and O–H groups in total. The molecule has 0 aromatic heterocycles. The van der Waals surface area contributed by atoms with Crippen molar-refractivity contribution >= 4 is 12.0 Å². The molecule has 0 bridgehead atoms. The maximum Gasteiger partial charge on any atom is 0.325 e. The predicted molar refractivity (Wildman–Crippen MR) is 63.9 cm³/mol. The van der Waals surface area contributed by atoms with E-state index in [0.717, 1.165) is 5.56 Å². The maximum absolute atomic E-state index is 11.9. The third-order valence-electron chi connectivity index (χ3n) is 3.22. The Labute approximate surface area is 100 Å². The highest BCUT2D eigenvalue weighted by atomic mass is 16.2. The van der Waals surface area contributed by atoms with E-state index in [4.69, 9.17) is 0 Å². The Balaban J connectivity index is 2.43. The number of urea groups is 1. The second kappa shape index (κ2) is 4.44. The molecule has 88 valence electrons. The monoisotopic (exact) mass is 230 g/mol. The Morgan fingerprint density at radius 2 is 1.94 bits per heavy atom. The summed E-state index contributed by atoms with van der Waals surface area (Å²) in [5.74, 6) is 1.68. The van der Waals surface area contributed by atoms with E-state index in [9.17, 15) is 9.59 Å². The van der Waals surface area contributed by atoms with Crippen molar-refractivity contribution in [2.45, 2.75) is 19.0 Å². The Hall–Kier alpha value is -2.06. The highest BCUT2D eigenvalue weighted by Gasteiger charge is 2.41. The fourth-order valence-corrected chi connectivity index (χ4v) is 2.20. The standard InChI is InChI=1S/C13H14N2O2/c1-10-12(11-6-4-3-5-7-11)15(8-9-16)13(17)14(10)2/h3-8,10,12H,1-2H3/t10-,12-/m0/s1. The van der Waals surface area contributed by atoms with E-state index in [0.29, 0.717) is 0 Å².